The summed E-state index contributed by atoms with van der Waals surface area (Å²) < 4.78 is 0. The largest absolute Gasteiger partial charge is 0.481 e. The lowest BCUT2D eigenvalue weighted by Gasteiger charge is -2.36. The van der Waals surface area contributed by atoms with E-state index in [1.807, 2.05) is 0 Å². The van der Waals surface area contributed by atoms with Crippen LogP contribution in [-0.2, 0) is 4.79 Å². The van der Waals surface area contributed by atoms with Gasteiger partial charge in [0.25, 0.3) is 0 Å². The highest BCUT2D eigenvalue weighted by Gasteiger charge is 2.38. The summed E-state index contributed by atoms with van der Waals surface area (Å²) in [6.07, 6.45) is 6.33. The summed E-state index contributed by atoms with van der Waals surface area (Å²) in [6, 6.07) is 1.49. The Morgan fingerprint density at radius 1 is 1.36 bits per heavy atom. The maximum atomic E-state index is 10.5. The minimum absolute atomic E-state index is 0.355. The lowest BCUT2D eigenvalue weighted by Crippen LogP contribution is -2.39. The van der Waals surface area contributed by atoms with Gasteiger partial charge in [0.05, 0.1) is 0 Å². The van der Waals surface area contributed by atoms with Crippen molar-refractivity contribution in [2.24, 2.45) is 5.92 Å². The van der Waals surface area contributed by atoms with E-state index in [0.29, 0.717) is 12.3 Å². The second-order valence-corrected chi connectivity index (χ2v) is 4.82. The number of carbonyl (C=O) groups is 1. The van der Waals surface area contributed by atoms with Crippen molar-refractivity contribution >= 4 is 5.97 Å². The Bertz CT molecular complexity index is 215. The monoisotopic (exact) mass is 197 g/mol. The Labute approximate surface area is 85.1 Å². The van der Waals surface area contributed by atoms with Crippen LogP contribution in [-0.4, -0.2) is 35.1 Å². The molecule has 3 heteroatoms. The Balaban J connectivity index is 1.84. The van der Waals surface area contributed by atoms with Gasteiger partial charge in [0.1, 0.15) is 0 Å². The van der Waals surface area contributed by atoms with E-state index in [-0.39, 0.29) is 0 Å². The molecule has 0 saturated carbocycles. The first kappa shape index (κ1) is 9.97. The number of hydrogen-bond acceptors (Lipinski definition) is 2. The van der Waals surface area contributed by atoms with Gasteiger partial charge in [0.2, 0.25) is 0 Å². The quantitative estimate of drug-likeness (QED) is 0.749. The first-order valence-electron chi connectivity index (χ1n) is 5.60. The molecule has 2 fully saturated rings. The summed E-state index contributed by atoms with van der Waals surface area (Å²) in [7, 11) is 2.22. The van der Waals surface area contributed by atoms with Gasteiger partial charge in [-0.2, -0.15) is 0 Å². The van der Waals surface area contributed by atoms with Crippen LogP contribution in [0.25, 0.3) is 0 Å². The van der Waals surface area contributed by atoms with Crippen LogP contribution in [0, 0.1) is 5.92 Å². The van der Waals surface area contributed by atoms with E-state index in [1.54, 1.807) is 0 Å². The van der Waals surface area contributed by atoms with Crippen molar-refractivity contribution in [3.8, 4) is 0 Å². The highest BCUT2D eigenvalue weighted by Crippen LogP contribution is 2.38. The summed E-state index contributed by atoms with van der Waals surface area (Å²) in [6.45, 7) is 0. The third-order valence-corrected chi connectivity index (χ3v) is 3.96. The molecule has 0 aromatic heterocycles. The third-order valence-electron chi connectivity index (χ3n) is 3.96. The van der Waals surface area contributed by atoms with Crippen LogP contribution >= 0.6 is 0 Å². The summed E-state index contributed by atoms with van der Waals surface area (Å²) in [5, 5.41) is 8.63. The Morgan fingerprint density at radius 2 is 1.93 bits per heavy atom. The van der Waals surface area contributed by atoms with E-state index in [2.05, 4.69) is 11.9 Å². The molecule has 2 rings (SSSR count). The number of piperidine rings is 1. The number of carboxylic acid groups (broad SMARTS) is 1. The van der Waals surface area contributed by atoms with Gasteiger partial charge in [-0.3, -0.25) is 4.79 Å². The van der Waals surface area contributed by atoms with Crippen LogP contribution < -0.4 is 0 Å². The van der Waals surface area contributed by atoms with Crippen molar-refractivity contribution in [2.75, 3.05) is 7.05 Å². The maximum Gasteiger partial charge on any atom is 0.303 e. The van der Waals surface area contributed by atoms with Crippen molar-refractivity contribution in [2.45, 2.75) is 50.6 Å². The topological polar surface area (TPSA) is 40.5 Å². The Kier molecular flexibility index (Phi) is 2.77. The van der Waals surface area contributed by atoms with Crippen LogP contribution in [0.1, 0.15) is 38.5 Å². The highest BCUT2D eigenvalue weighted by atomic mass is 16.4. The molecular formula is C11H19NO2. The first-order chi connectivity index (χ1) is 6.66. The van der Waals surface area contributed by atoms with Crippen molar-refractivity contribution in [3.05, 3.63) is 0 Å². The Hall–Kier alpha value is -0.570. The molecule has 0 amide bonds. The lowest BCUT2D eigenvalue weighted by atomic mass is 9.87. The molecule has 2 aliphatic rings. The number of fused-ring (bicyclic) bond motifs is 2. The summed E-state index contributed by atoms with van der Waals surface area (Å²) >= 11 is 0. The second-order valence-electron chi connectivity index (χ2n) is 4.82. The third kappa shape index (κ3) is 1.92. The van der Waals surface area contributed by atoms with Crippen LogP contribution in [0.5, 0.6) is 0 Å². The van der Waals surface area contributed by atoms with Crippen LogP contribution in [0.4, 0.5) is 0 Å². The normalized spacial score (nSPS) is 37.4. The molecule has 2 heterocycles. The molecule has 80 valence electrons. The molecule has 0 spiro atoms. The summed E-state index contributed by atoms with van der Waals surface area (Å²) in [5.41, 5.74) is 0. The van der Waals surface area contributed by atoms with E-state index in [9.17, 15) is 4.79 Å². The van der Waals surface area contributed by atoms with Gasteiger partial charge in [-0.05, 0) is 45.1 Å². The molecular weight excluding hydrogens is 178 g/mol. The average molecular weight is 197 g/mol. The molecule has 0 aromatic carbocycles. The molecule has 0 aliphatic carbocycles. The van der Waals surface area contributed by atoms with Gasteiger partial charge in [0, 0.05) is 18.5 Å². The van der Waals surface area contributed by atoms with Gasteiger partial charge in [-0.1, -0.05) is 0 Å². The van der Waals surface area contributed by atoms with Gasteiger partial charge in [0.15, 0.2) is 0 Å². The number of nitrogens with zero attached hydrogens (tertiary/aromatic N) is 1. The van der Waals surface area contributed by atoms with Crippen molar-refractivity contribution in [3.63, 3.8) is 0 Å². The fourth-order valence-corrected chi connectivity index (χ4v) is 3.09. The average Bonchev–Trinajstić information content (AvgIpc) is 2.41. The second kappa shape index (κ2) is 3.89. The minimum atomic E-state index is -0.642. The molecule has 3 nitrogen and oxygen atoms in total. The van der Waals surface area contributed by atoms with E-state index in [0.717, 1.165) is 18.5 Å². The molecule has 2 aliphatic heterocycles. The first-order valence-corrected chi connectivity index (χ1v) is 5.60. The zero-order chi connectivity index (χ0) is 10.1. The fourth-order valence-electron chi connectivity index (χ4n) is 3.09. The van der Waals surface area contributed by atoms with Gasteiger partial charge in [-0.25, -0.2) is 0 Å². The Morgan fingerprint density at radius 3 is 2.43 bits per heavy atom. The number of carboxylic acids is 1. The molecule has 14 heavy (non-hydrogen) atoms. The molecule has 0 radical (unpaired) electrons. The minimum Gasteiger partial charge on any atom is -0.481 e. The van der Waals surface area contributed by atoms with E-state index in [4.69, 9.17) is 5.11 Å². The van der Waals surface area contributed by atoms with Crippen LogP contribution in [0.15, 0.2) is 0 Å². The zero-order valence-corrected chi connectivity index (χ0v) is 8.78. The van der Waals surface area contributed by atoms with Crippen LogP contribution in [0.3, 0.4) is 0 Å². The molecule has 2 saturated heterocycles. The van der Waals surface area contributed by atoms with E-state index in [1.165, 1.54) is 25.7 Å². The van der Waals surface area contributed by atoms with E-state index < -0.39 is 5.97 Å². The van der Waals surface area contributed by atoms with E-state index >= 15 is 0 Å². The van der Waals surface area contributed by atoms with Crippen molar-refractivity contribution < 1.29 is 9.90 Å². The van der Waals surface area contributed by atoms with Gasteiger partial charge in [-0.15, -0.1) is 0 Å². The van der Waals surface area contributed by atoms with Crippen LogP contribution in [0.2, 0.25) is 0 Å². The predicted octanol–water partition coefficient (Wildman–Crippen LogP) is 1.72. The van der Waals surface area contributed by atoms with Gasteiger partial charge >= 0.3 is 5.97 Å². The smallest absolute Gasteiger partial charge is 0.303 e. The predicted molar refractivity (Wildman–Crippen MR) is 54.2 cm³/mol. The maximum absolute atomic E-state index is 10.5. The van der Waals surface area contributed by atoms with Crippen molar-refractivity contribution in [1.29, 1.82) is 0 Å². The van der Waals surface area contributed by atoms with Gasteiger partial charge < -0.3 is 10.0 Å². The molecule has 1 N–H and O–H groups in total. The number of hydrogen-bond donors (Lipinski definition) is 1. The number of rotatable bonds is 3. The fraction of sp³-hybridized carbons (Fsp3) is 0.909. The molecule has 3 atom stereocenters. The van der Waals surface area contributed by atoms with Crippen molar-refractivity contribution in [1.82, 2.24) is 4.90 Å². The standard InChI is InChI=1S/C11H19NO2/c1-12-9-3-4-10(12)7-8(6-9)2-5-11(13)14/h8-10H,2-7H2,1H3,(H,13,14)/t8?,9-,10+. The summed E-state index contributed by atoms with van der Waals surface area (Å²) in [5.74, 6) is 0.0241. The zero-order valence-electron chi connectivity index (χ0n) is 8.78. The number of aliphatic carboxylic acids is 1. The highest BCUT2D eigenvalue weighted by molar-refractivity contribution is 5.66. The molecule has 0 aromatic rings. The lowest BCUT2D eigenvalue weighted by molar-refractivity contribution is -0.137. The molecule has 2 bridgehead atoms. The summed E-state index contributed by atoms with van der Waals surface area (Å²) in [4.78, 5) is 13.0. The SMILES string of the molecule is CN1[C@@H]2CC[C@H]1CC(CCC(=O)O)C2. The molecule has 1 unspecified atom stereocenters.